The summed E-state index contributed by atoms with van der Waals surface area (Å²) < 4.78 is 15.2. The maximum atomic E-state index is 13.3. The van der Waals surface area contributed by atoms with Crippen molar-refractivity contribution in [2.45, 2.75) is 6.54 Å². The zero-order valence-electron chi connectivity index (χ0n) is 9.94. The average molecular weight is 327 g/mol. The van der Waals surface area contributed by atoms with Crippen molar-refractivity contribution in [1.82, 2.24) is 15.1 Å². The first-order chi connectivity index (χ1) is 9.06. The standard InChI is InChI=1S/C12H12BrFN4O/c13-10-2-1-8(5-11(10)14)12(19)16-3-4-18-7-9(15)6-17-18/h1-2,5-7H,3-4,15H2,(H,16,19). The lowest BCUT2D eigenvalue weighted by atomic mass is 10.2. The van der Waals surface area contributed by atoms with E-state index in [0.717, 1.165) is 0 Å². The molecule has 1 aromatic heterocycles. The minimum Gasteiger partial charge on any atom is -0.396 e. The van der Waals surface area contributed by atoms with Crippen LogP contribution in [0.4, 0.5) is 10.1 Å². The van der Waals surface area contributed by atoms with Gasteiger partial charge in [0.25, 0.3) is 5.91 Å². The van der Waals surface area contributed by atoms with Gasteiger partial charge in [-0.15, -0.1) is 0 Å². The second-order valence-corrected chi connectivity index (χ2v) is 4.78. The van der Waals surface area contributed by atoms with Crippen molar-refractivity contribution in [3.05, 3.63) is 46.4 Å². The van der Waals surface area contributed by atoms with Crippen LogP contribution in [0.3, 0.4) is 0 Å². The lowest BCUT2D eigenvalue weighted by Crippen LogP contribution is -2.27. The highest BCUT2D eigenvalue weighted by molar-refractivity contribution is 9.10. The van der Waals surface area contributed by atoms with E-state index < -0.39 is 5.82 Å². The number of amides is 1. The molecule has 2 aromatic rings. The molecular formula is C12H12BrFN4O. The van der Waals surface area contributed by atoms with Crippen LogP contribution in [-0.2, 0) is 6.54 Å². The molecule has 1 aromatic carbocycles. The molecule has 1 heterocycles. The van der Waals surface area contributed by atoms with Gasteiger partial charge in [-0.3, -0.25) is 9.48 Å². The first-order valence-electron chi connectivity index (χ1n) is 5.57. The third kappa shape index (κ3) is 3.54. The summed E-state index contributed by atoms with van der Waals surface area (Å²) in [6.07, 6.45) is 3.21. The summed E-state index contributed by atoms with van der Waals surface area (Å²) in [6.45, 7) is 0.888. The van der Waals surface area contributed by atoms with Crippen molar-refractivity contribution in [2.75, 3.05) is 12.3 Å². The van der Waals surface area contributed by atoms with Gasteiger partial charge in [-0.25, -0.2) is 4.39 Å². The topological polar surface area (TPSA) is 72.9 Å². The third-order valence-electron chi connectivity index (χ3n) is 2.46. The van der Waals surface area contributed by atoms with Gasteiger partial charge in [-0.1, -0.05) is 0 Å². The third-order valence-corrected chi connectivity index (χ3v) is 3.10. The molecule has 0 bridgehead atoms. The molecule has 1 amide bonds. The van der Waals surface area contributed by atoms with Crippen molar-refractivity contribution in [3.63, 3.8) is 0 Å². The van der Waals surface area contributed by atoms with Crippen LogP contribution in [0.15, 0.2) is 35.1 Å². The van der Waals surface area contributed by atoms with E-state index in [-0.39, 0.29) is 11.5 Å². The molecule has 7 heteroatoms. The van der Waals surface area contributed by atoms with Gasteiger partial charge >= 0.3 is 0 Å². The fraction of sp³-hybridized carbons (Fsp3) is 0.167. The maximum Gasteiger partial charge on any atom is 0.251 e. The highest BCUT2D eigenvalue weighted by Gasteiger charge is 2.08. The molecule has 2 rings (SSSR count). The number of rotatable bonds is 4. The summed E-state index contributed by atoms with van der Waals surface area (Å²) in [4.78, 5) is 11.8. The highest BCUT2D eigenvalue weighted by atomic mass is 79.9. The van der Waals surface area contributed by atoms with Gasteiger partial charge in [0.1, 0.15) is 5.82 Å². The van der Waals surface area contributed by atoms with Gasteiger partial charge in [0.05, 0.1) is 22.9 Å². The van der Waals surface area contributed by atoms with Crippen LogP contribution < -0.4 is 11.1 Å². The average Bonchev–Trinajstić information content (AvgIpc) is 2.78. The van der Waals surface area contributed by atoms with Crippen molar-refractivity contribution in [1.29, 1.82) is 0 Å². The number of carbonyl (C=O) groups is 1. The summed E-state index contributed by atoms with van der Waals surface area (Å²) in [6, 6.07) is 4.23. The van der Waals surface area contributed by atoms with Crippen LogP contribution in [0, 0.1) is 5.82 Å². The summed E-state index contributed by atoms with van der Waals surface area (Å²) in [7, 11) is 0. The molecule has 0 radical (unpaired) electrons. The Balaban J connectivity index is 1.89. The number of nitrogens with zero attached hydrogens (tertiary/aromatic N) is 2. The maximum absolute atomic E-state index is 13.3. The van der Waals surface area contributed by atoms with E-state index in [1.54, 1.807) is 16.9 Å². The van der Waals surface area contributed by atoms with Gasteiger partial charge in [0.2, 0.25) is 0 Å². The predicted octanol–water partition coefficient (Wildman–Crippen LogP) is 1.80. The Morgan fingerprint density at radius 1 is 1.53 bits per heavy atom. The van der Waals surface area contributed by atoms with E-state index in [1.807, 2.05) is 0 Å². The fourth-order valence-electron chi connectivity index (χ4n) is 1.53. The van der Waals surface area contributed by atoms with Gasteiger partial charge in [0, 0.05) is 18.3 Å². The Bertz CT molecular complexity index is 599. The van der Waals surface area contributed by atoms with E-state index in [2.05, 4.69) is 26.3 Å². The molecule has 3 N–H and O–H groups in total. The summed E-state index contributed by atoms with van der Waals surface area (Å²) in [5.74, 6) is -0.793. The lowest BCUT2D eigenvalue weighted by Gasteiger charge is -2.06. The minimum absolute atomic E-state index is 0.278. The number of nitrogens with one attached hydrogen (secondary N) is 1. The molecule has 19 heavy (non-hydrogen) atoms. The molecule has 5 nitrogen and oxygen atoms in total. The zero-order chi connectivity index (χ0) is 13.8. The molecule has 0 fully saturated rings. The molecule has 0 aliphatic carbocycles. The lowest BCUT2D eigenvalue weighted by molar-refractivity contribution is 0.0951. The normalized spacial score (nSPS) is 10.4. The highest BCUT2D eigenvalue weighted by Crippen LogP contribution is 2.16. The van der Waals surface area contributed by atoms with Gasteiger partial charge in [-0.05, 0) is 34.1 Å². The number of halogens is 2. The first-order valence-corrected chi connectivity index (χ1v) is 6.37. The van der Waals surface area contributed by atoms with E-state index in [4.69, 9.17) is 5.73 Å². The number of carbonyl (C=O) groups excluding carboxylic acids is 1. The molecule has 0 spiro atoms. The monoisotopic (exact) mass is 326 g/mol. The number of hydrogen-bond acceptors (Lipinski definition) is 3. The Hall–Kier alpha value is -1.89. The summed E-state index contributed by atoms with van der Waals surface area (Å²) >= 11 is 3.03. The van der Waals surface area contributed by atoms with Crippen molar-refractivity contribution < 1.29 is 9.18 Å². The number of nitrogens with two attached hydrogens (primary N) is 1. The van der Waals surface area contributed by atoms with E-state index >= 15 is 0 Å². The Kier molecular flexibility index (Phi) is 4.16. The minimum atomic E-state index is -0.465. The number of anilines is 1. The second-order valence-electron chi connectivity index (χ2n) is 3.92. The fourth-order valence-corrected chi connectivity index (χ4v) is 1.77. The molecule has 0 aliphatic heterocycles. The number of nitrogen functional groups attached to an aromatic ring is 1. The van der Waals surface area contributed by atoms with Crippen LogP contribution in [0.5, 0.6) is 0 Å². The Morgan fingerprint density at radius 3 is 2.95 bits per heavy atom. The number of aromatic nitrogens is 2. The number of hydrogen-bond donors (Lipinski definition) is 2. The molecular weight excluding hydrogens is 315 g/mol. The van der Waals surface area contributed by atoms with Crippen molar-refractivity contribution in [3.8, 4) is 0 Å². The van der Waals surface area contributed by atoms with Crippen LogP contribution in [0.25, 0.3) is 0 Å². The first kappa shape index (κ1) is 13.5. The van der Waals surface area contributed by atoms with Crippen LogP contribution in [0.2, 0.25) is 0 Å². The molecule has 0 atom stereocenters. The SMILES string of the molecule is Nc1cnn(CCNC(=O)c2ccc(Br)c(F)c2)c1. The molecule has 0 aliphatic rings. The van der Waals surface area contributed by atoms with Crippen LogP contribution >= 0.6 is 15.9 Å². The Morgan fingerprint density at radius 2 is 2.32 bits per heavy atom. The zero-order valence-corrected chi connectivity index (χ0v) is 11.5. The van der Waals surface area contributed by atoms with Crippen LogP contribution in [-0.4, -0.2) is 22.2 Å². The largest absolute Gasteiger partial charge is 0.396 e. The second kappa shape index (κ2) is 5.83. The van der Waals surface area contributed by atoms with Gasteiger partial charge in [-0.2, -0.15) is 5.10 Å². The molecule has 0 saturated heterocycles. The van der Waals surface area contributed by atoms with E-state index in [9.17, 15) is 9.18 Å². The molecule has 0 unspecified atom stereocenters. The summed E-state index contributed by atoms with van der Waals surface area (Å²) in [5.41, 5.74) is 6.36. The summed E-state index contributed by atoms with van der Waals surface area (Å²) in [5, 5.41) is 6.67. The quantitative estimate of drug-likeness (QED) is 0.899. The van der Waals surface area contributed by atoms with Crippen molar-refractivity contribution >= 4 is 27.5 Å². The van der Waals surface area contributed by atoms with Gasteiger partial charge < -0.3 is 11.1 Å². The van der Waals surface area contributed by atoms with Gasteiger partial charge in [0.15, 0.2) is 0 Å². The molecule has 0 saturated carbocycles. The molecule has 100 valence electrons. The predicted molar refractivity (Wildman–Crippen MR) is 73.1 cm³/mol. The Labute approximate surface area is 117 Å². The van der Waals surface area contributed by atoms with E-state index in [0.29, 0.717) is 23.2 Å². The van der Waals surface area contributed by atoms with E-state index in [1.165, 1.54) is 18.3 Å². The van der Waals surface area contributed by atoms with Crippen LogP contribution in [0.1, 0.15) is 10.4 Å². The smallest absolute Gasteiger partial charge is 0.251 e. The number of benzene rings is 1. The van der Waals surface area contributed by atoms with Crippen molar-refractivity contribution in [2.24, 2.45) is 0 Å².